The maximum atomic E-state index is 12.4. The minimum absolute atomic E-state index is 0.0379. The summed E-state index contributed by atoms with van der Waals surface area (Å²) in [4.78, 5) is 60.5. The number of likely N-dealkylation sites (N-methyl/N-ethyl adjacent to an activating group) is 2. The molecule has 0 radical (unpaired) electrons. The number of hydrogen-bond acceptors (Lipinski definition) is 11. The molecule has 1 heterocycles. The number of ether oxygens (including phenoxy) is 3. The van der Waals surface area contributed by atoms with Crippen LogP contribution in [0.15, 0.2) is 36.4 Å². The normalized spacial score (nSPS) is 17.8. The minimum atomic E-state index is -1.37. The molecule has 0 aliphatic carbocycles. The molecule has 0 aromatic heterocycles. The van der Waals surface area contributed by atoms with Crippen LogP contribution in [0.5, 0.6) is 11.5 Å². The second kappa shape index (κ2) is 14.1. The van der Waals surface area contributed by atoms with E-state index in [1.54, 1.807) is 0 Å². The maximum absolute atomic E-state index is 12.4. The zero-order chi connectivity index (χ0) is 31.8. The predicted octanol–water partition coefficient (Wildman–Crippen LogP) is 2.06. The number of aromatic hydroxyl groups is 1. The molecule has 1 fully saturated rings. The van der Waals surface area contributed by atoms with Crippen molar-refractivity contribution in [2.24, 2.45) is 0 Å². The van der Waals surface area contributed by atoms with Crippen molar-refractivity contribution in [1.82, 2.24) is 9.80 Å². The summed E-state index contributed by atoms with van der Waals surface area (Å²) >= 11 is 0. The van der Waals surface area contributed by atoms with E-state index in [0.717, 1.165) is 18.2 Å². The zero-order valence-corrected chi connectivity index (χ0v) is 23.0. The molecule has 0 bridgehead atoms. The SMILES string of the molecule is CN(CCN(C)C(=O)OCc1ccc(O[C@H]2C[C@@H](O)C[C@@H](C(=O)O)O2)c([N+](=O)[O-])c1)C(=O)Nc1ccc(O)c(C(=O)O)c1. The molecule has 17 heteroatoms. The molecule has 232 valence electrons. The van der Waals surface area contributed by atoms with E-state index in [0.29, 0.717) is 0 Å². The van der Waals surface area contributed by atoms with Crippen molar-refractivity contribution in [2.75, 3.05) is 32.5 Å². The van der Waals surface area contributed by atoms with Gasteiger partial charge in [-0.15, -0.1) is 0 Å². The lowest BCUT2D eigenvalue weighted by Crippen LogP contribution is -2.42. The number of phenols is 1. The smallest absolute Gasteiger partial charge is 0.409 e. The van der Waals surface area contributed by atoms with Crippen molar-refractivity contribution in [1.29, 1.82) is 0 Å². The number of aliphatic carboxylic acids is 1. The van der Waals surface area contributed by atoms with Gasteiger partial charge in [-0.25, -0.2) is 19.2 Å². The number of benzene rings is 2. The number of aliphatic hydroxyl groups excluding tert-OH is 1. The summed E-state index contributed by atoms with van der Waals surface area (Å²) in [5.74, 6) is -3.35. The number of amides is 3. The van der Waals surface area contributed by atoms with Gasteiger partial charge < -0.3 is 49.8 Å². The van der Waals surface area contributed by atoms with Gasteiger partial charge in [0.25, 0.3) is 0 Å². The molecular weight excluding hydrogens is 576 g/mol. The Kier molecular flexibility index (Phi) is 10.6. The van der Waals surface area contributed by atoms with Crippen molar-refractivity contribution in [3.63, 3.8) is 0 Å². The van der Waals surface area contributed by atoms with E-state index in [2.05, 4.69) is 5.32 Å². The number of hydrogen-bond donors (Lipinski definition) is 5. The number of nitro groups is 1. The van der Waals surface area contributed by atoms with Gasteiger partial charge in [0, 0.05) is 51.8 Å². The van der Waals surface area contributed by atoms with Crippen LogP contribution in [0.4, 0.5) is 21.0 Å². The van der Waals surface area contributed by atoms with E-state index in [1.165, 1.54) is 42.1 Å². The average Bonchev–Trinajstić information content (AvgIpc) is 2.95. The molecule has 0 spiro atoms. The largest absolute Gasteiger partial charge is 0.507 e. The van der Waals surface area contributed by atoms with Crippen molar-refractivity contribution >= 4 is 35.4 Å². The van der Waals surface area contributed by atoms with Crippen molar-refractivity contribution in [3.8, 4) is 11.5 Å². The highest BCUT2D eigenvalue weighted by Gasteiger charge is 2.35. The number of carboxylic acids is 2. The summed E-state index contributed by atoms with van der Waals surface area (Å²) in [6.45, 7) is -0.247. The van der Waals surface area contributed by atoms with Crippen LogP contribution in [-0.2, 0) is 20.9 Å². The van der Waals surface area contributed by atoms with Crippen LogP contribution >= 0.6 is 0 Å². The quantitative estimate of drug-likeness (QED) is 0.140. The number of anilines is 1. The fraction of sp³-hybridized carbons (Fsp3) is 0.385. The Bertz CT molecular complexity index is 1380. The Balaban J connectivity index is 1.52. The van der Waals surface area contributed by atoms with Gasteiger partial charge in [0.15, 0.2) is 11.9 Å². The summed E-state index contributed by atoms with van der Waals surface area (Å²) in [6.07, 6.45) is -4.62. The topological polar surface area (TPSA) is 239 Å². The molecule has 1 aliphatic heterocycles. The number of aliphatic hydroxyl groups is 1. The van der Waals surface area contributed by atoms with E-state index in [-0.39, 0.29) is 55.1 Å². The van der Waals surface area contributed by atoms with Gasteiger partial charge in [0.1, 0.15) is 17.9 Å². The predicted molar refractivity (Wildman–Crippen MR) is 145 cm³/mol. The first-order chi connectivity index (χ1) is 20.2. The van der Waals surface area contributed by atoms with E-state index in [9.17, 15) is 39.5 Å². The Morgan fingerprint density at radius 2 is 1.77 bits per heavy atom. The van der Waals surface area contributed by atoms with Gasteiger partial charge in [-0.05, 0) is 29.8 Å². The number of carbonyl (C=O) groups excluding carboxylic acids is 2. The number of nitrogens with one attached hydrogen (secondary N) is 1. The van der Waals surface area contributed by atoms with Crippen LogP contribution in [0.1, 0.15) is 28.8 Å². The van der Waals surface area contributed by atoms with Crippen LogP contribution in [0, 0.1) is 10.1 Å². The van der Waals surface area contributed by atoms with Gasteiger partial charge in [0.05, 0.1) is 11.0 Å². The average molecular weight is 607 g/mol. The number of rotatable bonds is 11. The highest BCUT2D eigenvalue weighted by Crippen LogP contribution is 2.32. The van der Waals surface area contributed by atoms with E-state index in [1.807, 2.05) is 0 Å². The summed E-state index contributed by atoms with van der Waals surface area (Å²) in [5.41, 5.74) is -0.491. The molecule has 2 aromatic rings. The van der Waals surface area contributed by atoms with Gasteiger partial charge in [-0.1, -0.05) is 6.07 Å². The molecule has 5 N–H and O–H groups in total. The third-order valence-corrected chi connectivity index (χ3v) is 6.29. The van der Waals surface area contributed by atoms with E-state index >= 15 is 0 Å². The second-order valence-corrected chi connectivity index (χ2v) is 9.56. The number of carbonyl (C=O) groups is 4. The van der Waals surface area contributed by atoms with Crippen LogP contribution in [0.3, 0.4) is 0 Å². The van der Waals surface area contributed by atoms with Crippen molar-refractivity contribution in [2.45, 2.75) is 37.9 Å². The van der Waals surface area contributed by atoms with Crippen molar-refractivity contribution < 1.29 is 58.7 Å². The molecular formula is C26H30N4O13. The number of aromatic carboxylic acids is 1. The Hall–Kier alpha value is -5.16. The summed E-state index contributed by atoms with van der Waals surface area (Å²) in [5, 5.41) is 51.8. The first-order valence-electron chi connectivity index (χ1n) is 12.7. The van der Waals surface area contributed by atoms with E-state index in [4.69, 9.17) is 24.4 Å². The molecule has 17 nitrogen and oxygen atoms in total. The Labute approximate surface area is 243 Å². The summed E-state index contributed by atoms with van der Waals surface area (Å²) < 4.78 is 15.9. The first kappa shape index (κ1) is 32.4. The third-order valence-electron chi connectivity index (χ3n) is 6.29. The lowest BCUT2D eigenvalue weighted by Gasteiger charge is -2.30. The fourth-order valence-corrected chi connectivity index (χ4v) is 3.88. The van der Waals surface area contributed by atoms with Crippen molar-refractivity contribution in [3.05, 3.63) is 57.6 Å². The number of carboxylic acid groups (broad SMARTS) is 2. The highest BCUT2D eigenvalue weighted by atomic mass is 16.7. The molecule has 0 unspecified atom stereocenters. The highest BCUT2D eigenvalue weighted by molar-refractivity contribution is 5.95. The maximum Gasteiger partial charge on any atom is 0.409 e. The zero-order valence-electron chi connectivity index (χ0n) is 23.0. The Morgan fingerprint density at radius 3 is 2.42 bits per heavy atom. The standard InChI is InChI=1S/C26H30N4O13/c1-28(25(37)27-15-4-5-19(32)17(10-15)23(33)34)7-8-29(2)26(38)41-13-14-3-6-20(18(9-14)30(39)40)42-22-12-16(31)11-21(43-22)24(35)36/h3-6,9-10,16,21-22,31-32H,7-8,11-13H2,1-2H3,(H,27,37)(H,33,34)(H,35,36)/t16-,21-,22+/m0/s1. The second-order valence-electron chi connectivity index (χ2n) is 9.56. The Morgan fingerprint density at radius 1 is 1.07 bits per heavy atom. The number of nitro benzene ring substituents is 1. The minimum Gasteiger partial charge on any atom is -0.507 e. The van der Waals surface area contributed by atoms with Gasteiger partial charge >= 0.3 is 29.8 Å². The molecule has 1 aliphatic rings. The molecule has 0 saturated carbocycles. The monoisotopic (exact) mass is 606 g/mol. The molecule has 43 heavy (non-hydrogen) atoms. The molecule has 3 amide bonds. The first-order valence-corrected chi connectivity index (χ1v) is 12.7. The lowest BCUT2D eigenvalue weighted by atomic mass is 10.1. The molecule has 2 aromatic carbocycles. The lowest BCUT2D eigenvalue weighted by molar-refractivity contribution is -0.386. The van der Waals surface area contributed by atoms with Gasteiger partial charge in [0.2, 0.25) is 6.29 Å². The van der Waals surface area contributed by atoms with E-state index < -0.39 is 58.9 Å². The molecule has 3 rings (SSSR count). The third kappa shape index (κ3) is 8.91. The van der Waals surface area contributed by atoms with Gasteiger partial charge in [-0.3, -0.25) is 10.1 Å². The molecule has 3 atom stereocenters. The number of urea groups is 1. The fourth-order valence-electron chi connectivity index (χ4n) is 3.88. The summed E-state index contributed by atoms with van der Waals surface area (Å²) in [7, 11) is 2.85. The van der Waals surface area contributed by atoms with Crippen LogP contribution in [-0.4, -0.2) is 105 Å². The van der Waals surface area contributed by atoms with Crippen LogP contribution in [0.2, 0.25) is 0 Å². The molecule has 1 saturated heterocycles. The van der Waals surface area contributed by atoms with Crippen LogP contribution < -0.4 is 10.1 Å². The van der Waals surface area contributed by atoms with Crippen LogP contribution in [0.25, 0.3) is 0 Å². The summed E-state index contributed by atoms with van der Waals surface area (Å²) in [6, 6.07) is 6.71. The number of nitrogens with zero attached hydrogens (tertiary/aromatic N) is 3. The van der Waals surface area contributed by atoms with Gasteiger partial charge in [-0.2, -0.15) is 0 Å².